The van der Waals surface area contributed by atoms with Gasteiger partial charge in [0, 0.05) is 30.6 Å². The van der Waals surface area contributed by atoms with Gasteiger partial charge < -0.3 is 15.2 Å². The van der Waals surface area contributed by atoms with E-state index in [-0.39, 0.29) is 12.1 Å². The molecule has 4 heteroatoms. The SMILES string of the molecule is COc1cc2c(cc1C(CN)N(C)CC(C)C)OC(C)C2. The fourth-order valence-electron chi connectivity index (χ4n) is 3.14. The Morgan fingerprint density at radius 1 is 1.43 bits per heavy atom. The van der Waals surface area contributed by atoms with E-state index in [1.54, 1.807) is 7.11 Å². The van der Waals surface area contributed by atoms with Gasteiger partial charge in [0.2, 0.25) is 0 Å². The van der Waals surface area contributed by atoms with E-state index in [1.807, 2.05) is 0 Å². The summed E-state index contributed by atoms with van der Waals surface area (Å²) in [4.78, 5) is 2.30. The van der Waals surface area contributed by atoms with Gasteiger partial charge in [-0.2, -0.15) is 0 Å². The Morgan fingerprint density at radius 2 is 2.14 bits per heavy atom. The molecule has 0 aliphatic carbocycles. The highest BCUT2D eigenvalue weighted by Crippen LogP contribution is 2.38. The molecule has 2 N–H and O–H groups in total. The lowest BCUT2D eigenvalue weighted by Crippen LogP contribution is -2.33. The molecule has 0 aromatic heterocycles. The molecular weight excluding hydrogens is 264 g/mol. The van der Waals surface area contributed by atoms with Crippen molar-refractivity contribution in [1.82, 2.24) is 4.90 Å². The van der Waals surface area contributed by atoms with Crippen molar-refractivity contribution in [2.75, 3.05) is 27.2 Å². The largest absolute Gasteiger partial charge is 0.496 e. The molecule has 1 aliphatic rings. The summed E-state index contributed by atoms with van der Waals surface area (Å²) in [6, 6.07) is 4.37. The standard InChI is InChI=1S/C17H28N2O2/c1-11(2)10-19(4)15(9-18)14-8-16-13(6-12(3)21-16)7-17(14)20-5/h7-8,11-12,15H,6,9-10,18H2,1-5H3. The zero-order valence-electron chi connectivity index (χ0n) is 13.8. The van der Waals surface area contributed by atoms with Gasteiger partial charge in [0.25, 0.3) is 0 Å². The van der Waals surface area contributed by atoms with Crippen LogP contribution in [0.15, 0.2) is 12.1 Å². The summed E-state index contributed by atoms with van der Waals surface area (Å²) in [5.74, 6) is 2.49. The van der Waals surface area contributed by atoms with Crippen molar-refractivity contribution in [3.05, 3.63) is 23.3 Å². The van der Waals surface area contributed by atoms with E-state index >= 15 is 0 Å². The lowest BCUT2D eigenvalue weighted by Gasteiger charge is -2.30. The first kappa shape index (κ1) is 16.1. The molecule has 118 valence electrons. The molecule has 1 aromatic rings. The maximum Gasteiger partial charge on any atom is 0.124 e. The molecule has 1 aliphatic heterocycles. The van der Waals surface area contributed by atoms with Crippen molar-refractivity contribution in [2.45, 2.75) is 39.3 Å². The summed E-state index contributed by atoms with van der Waals surface area (Å²) in [5.41, 5.74) is 8.39. The van der Waals surface area contributed by atoms with E-state index in [9.17, 15) is 0 Å². The van der Waals surface area contributed by atoms with Crippen LogP contribution in [0, 0.1) is 5.92 Å². The average Bonchev–Trinajstić information content (AvgIpc) is 2.76. The summed E-state index contributed by atoms with van der Waals surface area (Å²) in [7, 11) is 3.84. The van der Waals surface area contributed by atoms with E-state index in [0.29, 0.717) is 12.5 Å². The second-order valence-corrected chi connectivity index (χ2v) is 6.42. The monoisotopic (exact) mass is 292 g/mol. The van der Waals surface area contributed by atoms with Crippen molar-refractivity contribution in [3.8, 4) is 11.5 Å². The second kappa shape index (κ2) is 6.67. The van der Waals surface area contributed by atoms with Gasteiger partial charge in [0.1, 0.15) is 17.6 Å². The minimum atomic E-state index is 0.146. The van der Waals surface area contributed by atoms with E-state index in [1.165, 1.54) is 5.56 Å². The molecule has 1 aromatic carbocycles. The maximum absolute atomic E-state index is 6.04. The zero-order chi connectivity index (χ0) is 15.6. The van der Waals surface area contributed by atoms with Crippen molar-refractivity contribution < 1.29 is 9.47 Å². The smallest absolute Gasteiger partial charge is 0.124 e. The van der Waals surface area contributed by atoms with Gasteiger partial charge >= 0.3 is 0 Å². The number of benzene rings is 1. The van der Waals surface area contributed by atoms with Crippen molar-refractivity contribution in [3.63, 3.8) is 0 Å². The Kier molecular flexibility index (Phi) is 5.12. The maximum atomic E-state index is 6.04. The van der Waals surface area contributed by atoms with Crippen LogP contribution in [0.25, 0.3) is 0 Å². The fourth-order valence-corrected chi connectivity index (χ4v) is 3.14. The molecule has 2 unspecified atom stereocenters. The van der Waals surface area contributed by atoms with E-state index in [2.05, 4.69) is 44.9 Å². The van der Waals surface area contributed by atoms with Gasteiger partial charge in [0.15, 0.2) is 0 Å². The highest BCUT2D eigenvalue weighted by molar-refractivity contribution is 5.50. The van der Waals surface area contributed by atoms with Crippen LogP contribution in [0.5, 0.6) is 11.5 Å². The van der Waals surface area contributed by atoms with Crippen LogP contribution in [0.4, 0.5) is 0 Å². The summed E-state index contributed by atoms with van der Waals surface area (Å²) in [6.45, 7) is 8.09. The van der Waals surface area contributed by atoms with Crippen molar-refractivity contribution in [2.24, 2.45) is 11.7 Å². The normalized spacial score (nSPS) is 18.8. The van der Waals surface area contributed by atoms with Gasteiger partial charge in [0.05, 0.1) is 13.2 Å². The Balaban J connectivity index is 2.34. The van der Waals surface area contributed by atoms with E-state index in [4.69, 9.17) is 15.2 Å². The number of fused-ring (bicyclic) bond motifs is 1. The molecule has 1 heterocycles. The van der Waals surface area contributed by atoms with Crippen LogP contribution in [-0.2, 0) is 6.42 Å². The Labute approximate surface area is 128 Å². The number of hydrogen-bond donors (Lipinski definition) is 1. The number of methoxy groups -OCH3 is 1. The molecule has 4 nitrogen and oxygen atoms in total. The number of hydrogen-bond acceptors (Lipinski definition) is 4. The minimum absolute atomic E-state index is 0.146. The Morgan fingerprint density at radius 3 is 2.71 bits per heavy atom. The number of rotatable bonds is 6. The fraction of sp³-hybridized carbons (Fsp3) is 0.647. The molecule has 0 saturated carbocycles. The predicted molar refractivity (Wildman–Crippen MR) is 86.1 cm³/mol. The molecule has 0 radical (unpaired) electrons. The Hall–Kier alpha value is -1.26. The predicted octanol–water partition coefficient (Wildman–Crippen LogP) is 2.61. The highest BCUT2D eigenvalue weighted by Gasteiger charge is 2.26. The zero-order valence-corrected chi connectivity index (χ0v) is 13.8. The first-order valence-corrected chi connectivity index (χ1v) is 7.74. The molecule has 21 heavy (non-hydrogen) atoms. The van der Waals surface area contributed by atoms with Gasteiger partial charge in [-0.05, 0) is 32.0 Å². The third-order valence-corrected chi connectivity index (χ3v) is 4.02. The lowest BCUT2D eigenvalue weighted by molar-refractivity contribution is 0.218. The van der Waals surface area contributed by atoms with E-state index < -0.39 is 0 Å². The summed E-state index contributed by atoms with van der Waals surface area (Å²) in [6.07, 6.45) is 1.19. The third kappa shape index (κ3) is 3.50. The molecule has 2 rings (SSSR count). The highest BCUT2D eigenvalue weighted by atomic mass is 16.5. The topological polar surface area (TPSA) is 47.7 Å². The first-order chi connectivity index (χ1) is 9.96. The van der Waals surface area contributed by atoms with Crippen LogP contribution in [-0.4, -0.2) is 38.3 Å². The third-order valence-electron chi connectivity index (χ3n) is 4.02. The molecule has 0 amide bonds. The quantitative estimate of drug-likeness (QED) is 0.875. The van der Waals surface area contributed by atoms with Crippen molar-refractivity contribution in [1.29, 1.82) is 0 Å². The van der Waals surface area contributed by atoms with Crippen LogP contribution < -0.4 is 15.2 Å². The number of nitrogens with two attached hydrogens (primary N) is 1. The van der Waals surface area contributed by atoms with Gasteiger partial charge in [-0.15, -0.1) is 0 Å². The first-order valence-electron chi connectivity index (χ1n) is 7.74. The molecule has 0 bridgehead atoms. The molecule has 2 atom stereocenters. The van der Waals surface area contributed by atoms with Gasteiger partial charge in [-0.3, -0.25) is 4.90 Å². The number of nitrogens with zero attached hydrogens (tertiary/aromatic N) is 1. The van der Waals surface area contributed by atoms with Crippen LogP contribution in [0.3, 0.4) is 0 Å². The summed E-state index contributed by atoms with van der Waals surface area (Å²) in [5, 5.41) is 0. The number of ether oxygens (including phenoxy) is 2. The molecule has 0 spiro atoms. The summed E-state index contributed by atoms with van der Waals surface area (Å²) >= 11 is 0. The number of likely N-dealkylation sites (N-methyl/N-ethyl adjacent to an activating group) is 1. The van der Waals surface area contributed by atoms with Gasteiger partial charge in [-0.1, -0.05) is 13.8 Å². The van der Waals surface area contributed by atoms with Crippen molar-refractivity contribution >= 4 is 0 Å². The van der Waals surface area contributed by atoms with Crippen LogP contribution in [0.1, 0.15) is 37.9 Å². The average molecular weight is 292 g/mol. The van der Waals surface area contributed by atoms with Gasteiger partial charge in [-0.25, -0.2) is 0 Å². The molecule has 0 fully saturated rings. The second-order valence-electron chi connectivity index (χ2n) is 6.42. The van der Waals surface area contributed by atoms with Crippen LogP contribution >= 0.6 is 0 Å². The minimum Gasteiger partial charge on any atom is -0.496 e. The Bertz CT molecular complexity index is 488. The van der Waals surface area contributed by atoms with E-state index in [0.717, 1.165) is 30.0 Å². The summed E-state index contributed by atoms with van der Waals surface area (Å²) < 4.78 is 11.5. The van der Waals surface area contributed by atoms with Crippen LogP contribution in [0.2, 0.25) is 0 Å². The molecular formula is C17H28N2O2. The lowest BCUT2D eigenvalue weighted by atomic mass is 9.99. The molecule has 0 saturated heterocycles.